The van der Waals surface area contributed by atoms with E-state index >= 15 is 0 Å². The fraction of sp³-hybridized carbons (Fsp3) is 0.500. The van der Waals surface area contributed by atoms with Gasteiger partial charge in [0, 0.05) is 17.5 Å². The van der Waals surface area contributed by atoms with Crippen LogP contribution in [0.1, 0.15) is 61.1 Å². The fourth-order valence-corrected chi connectivity index (χ4v) is 5.67. The van der Waals surface area contributed by atoms with Crippen LogP contribution in [0, 0.1) is 0 Å². The molecule has 26 heavy (non-hydrogen) atoms. The van der Waals surface area contributed by atoms with E-state index in [4.69, 9.17) is 14.5 Å². The van der Waals surface area contributed by atoms with Gasteiger partial charge in [-0.2, -0.15) is 0 Å². The maximum Gasteiger partial charge on any atom is 0.166 e. The molecule has 1 aliphatic carbocycles. The molecular weight excluding hydrogens is 342 g/mol. The van der Waals surface area contributed by atoms with Gasteiger partial charge in [-0.1, -0.05) is 6.07 Å². The number of nitrogens with zero attached hydrogens (tertiary/aromatic N) is 1. The number of rotatable bonds is 2. The lowest BCUT2D eigenvalue weighted by atomic mass is 9.81. The molecule has 136 valence electrons. The minimum Gasteiger partial charge on any atom is -0.493 e. The van der Waals surface area contributed by atoms with Crippen LogP contribution in [0.2, 0.25) is 0 Å². The van der Waals surface area contributed by atoms with Gasteiger partial charge in [0.2, 0.25) is 0 Å². The molecule has 0 saturated heterocycles. The van der Waals surface area contributed by atoms with Crippen molar-refractivity contribution in [3.63, 3.8) is 0 Å². The predicted molar refractivity (Wildman–Crippen MR) is 106 cm³/mol. The molecule has 1 saturated carbocycles. The van der Waals surface area contributed by atoms with Gasteiger partial charge in [-0.25, -0.2) is 0 Å². The Bertz CT molecular complexity index is 889. The van der Waals surface area contributed by atoms with E-state index in [1.807, 2.05) is 0 Å². The second-order valence-electron chi connectivity index (χ2n) is 8.52. The standard InChI is InChI=1S/C22H25NO2S/c1-21(2)12-14-11-16(24-3)20-15(13-22(25-20)8-4-5-9-22)18(14)19(23-21)17-7-6-10-26-17/h6-7,10-11H,4-5,8-9,12-13H2,1-3H3. The largest absolute Gasteiger partial charge is 0.493 e. The summed E-state index contributed by atoms with van der Waals surface area (Å²) in [5.74, 6) is 1.86. The Balaban J connectivity index is 1.74. The zero-order valence-corrected chi connectivity index (χ0v) is 16.5. The second-order valence-corrected chi connectivity index (χ2v) is 9.46. The molecule has 0 bridgehead atoms. The van der Waals surface area contributed by atoms with E-state index in [9.17, 15) is 0 Å². The smallest absolute Gasteiger partial charge is 0.166 e. The molecular formula is C22H25NO2S. The SMILES string of the molecule is COc1cc2c(c3c1OC1(CCCC1)C3)C(c1cccs1)=NC(C)(C)C2. The van der Waals surface area contributed by atoms with Crippen LogP contribution in [-0.2, 0) is 12.8 Å². The Morgan fingerprint density at radius 3 is 2.69 bits per heavy atom. The van der Waals surface area contributed by atoms with Crippen LogP contribution in [0.4, 0.5) is 0 Å². The molecule has 2 aromatic rings. The molecule has 0 unspecified atom stereocenters. The van der Waals surface area contributed by atoms with Crippen molar-refractivity contribution in [3.05, 3.63) is 45.1 Å². The molecule has 1 spiro atoms. The number of methoxy groups -OCH3 is 1. The average molecular weight is 368 g/mol. The van der Waals surface area contributed by atoms with Gasteiger partial charge in [-0.3, -0.25) is 4.99 Å². The average Bonchev–Trinajstić information content (AvgIpc) is 3.33. The molecule has 4 heteroatoms. The first-order valence-electron chi connectivity index (χ1n) is 9.56. The first-order chi connectivity index (χ1) is 12.5. The van der Waals surface area contributed by atoms with Crippen molar-refractivity contribution in [2.24, 2.45) is 4.99 Å². The number of hydrogen-bond donors (Lipinski definition) is 0. The van der Waals surface area contributed by atoms with Crippen molar-refractivity contribution in [2.45, 2.75) is 63.5 Å². The van der Waals surface area contributed by atoms with E-state index < -0.39 is 0 Å². The molecule has 1 aromatic heterocycles. The lowest BCUT2D eigenvalue weighted by molar-refractivity contribution is 0.0996. The zero-order valence-electron chi connectivity index (χ0n) is 15.7. The van der Waals surface area contributed by atoms with E-state index in [1.165, 1.54) is 34.4 Å². The van der Waals surface area contributed by atoms with Crippen LogP contribution < -0.4 is 9.47 Å². The van der Waals surface area contributed by atoms with Gasteiger partial charge >= 0.3 is 0 Å². The summed E-state index contributed by atoms with van der Waals surface area (Å²) in [6, 6.07) is 6.50. The highest BCUT2D eigenvalue weighted by Gasteiger charge is 2.46. The summed E-state index contributed by atoms with van der Waals surface area (Å²) in [5.41, 5.74) is 5.01. The normalized spacial score (nSPS) is 21.9. The molecule has 5 rings (SSSR count). The van der Waals surface area contributed by atoms with E-state index in [2.05, 4.69) is 37.4 Å². The Morgan fingerprint density at radius 1 is 1.19 bits per heavy atom. The van der Waals surface area contributed by atoms with Crippen LogP contribution in [0.15, 0.2) is 28.6 Å². The van der Waals surface area contributed by atoms with Crippen LogP contribution in [-0.4, -0.2) is 24.0 Å². The molecule has 3 heterocycles. The number of hydrogen-bond acceptors (Lipinski definition) is 4. The molecule has 3 aliphatic rings. The van der Waals surface area contributed by atoms with Gasteiger partial charge in [0.25, 0.3) is 0 Å². The first kappa shape index (κ1) is 16.4. The quantitative estimate of drug-likeness (QED) is 0.732. The molecule has 0 atom stereocenters. The van der Waals surface area contributed by atoms with Crippen LogP contribution >= 0.6 is 11.3 Å². The highest BCUT2D eigenvalue weighted by atomic mass is 32.1. The predicted octanol–water partition coefficient (Wildman–Crippen LogP) is 5.18. The van der Waals surface area contributed by atoms with Gasteiger partial charge in [0.15, 0.2) is 11.5 Å². The third kappa shape index (κ3) is 2.42. The monoisotopic (exact) mass is 367 g/mol. The van der Waals surface area contributed by atoms with E-state index in [0.717, 1.165) is 42.9 Å². The molecule has 1 fully saturated rings. The van der Waals surface area contributed by atoms with E-state index in [0.29, 0.717) is 0 Å². The molecule has 2 aliphatic heterocycles. The zero-order chi connectivity index (χ0) is 17.9. The summed E-state index contributed by atoms with van der Waals surface area (Å²) in [7, 11) is 1.76. The van der Waals surface area contributed by atoms with E-state index in [-0.39, 0.29) is 11.1 Å². The van der Waals surface area contributed by atoms with Crippen molar-refractivity contribution in [2.75, 3.05) is 7.11 Å². The molecule has 3 nitrogen and oxygen atoms in total. The van der Waals surface area contributed by atoms with Gasteiger partial charge < -0.3 is 9.47 Å². The summed E-state index contributed by atoms with van der Waals surface area (Å²) in [5, 5.41) is 2.14. The van der Waals surface area contributed by atoms with Crippen molar-refractivity contribution in [3.8, 4) is 11.5 Å². The minimum atomic E-state index is -0.101. The topological polar surface area (TPSA) is 30.8 Å². The van der Waals surface area contributed by atoms with Gasteiger partial charge in [-0.05, 0) is 69.0 Å². The Kier molecular flexibility index (Phi) is 3.52. The van der Waals surface area contributed by atoms with Crippen molar-refractivity contribution < 1.29 is 9.47 Å². The third-order valence-corrected chi connectivity index (χ3v) is 6.88. The Morgan fingerprint density at radius 2 is 2.00 bits per heavy atom. The van der Waals surface area contributed by atoms with Gasteiger partial charge in [0.1, 0.15) is 5.60 Å². The Hall–Kier alpha value is -1.81. The number of fused-ring (bicyclic) bond motifs is 3. The van der Waals surface area contributed by atoms with Gasteiger partial charge in [0.05, 0.1) is 23.2 Å². The highest BCUT2D eigenvalue weighted by Crippen LogP contribution is 2.52. The summed E-state index contributed by atoms with van der Waals surface area (Å²) >= 11 is 1.77. The minimum absolute atomic E-state index is 0.0156. The van der Waals surface area contributed by atoms with Gasteiger partial charge in [-0.15, -0.1) is 11.3 Å². The van der Waals surface area contributed by atoms with E-state index in [1.54, 1.807) is 18.4 Å². The molecule has 0 N–H and O–H groups in total. The number of benzene rings is 1. The van der Waals surface area contributed by atoms with Crippen LogP contribution in [0.5, 0.6) is 11.5 Å². The molecule has 0 radical (unpaired) electrons. The maximum absolute atomic E-state index is 6.58. The van der Waals surface area contributed by atoms with Crippen molar-refractivity contribution in [1.29, 1.82) is 0 Å². The highest BCUT2D eigenvalue weighted by molar-refractivity contribution is 7.12. The summed E-state index contributed by atoms with van der Waals surface area (Å²) < 4.78 is 12.3. The summed E-state index contributed by atoms with van der Waals surface area (Å²) in [6.07, 6.45) is 6.75. The third-order valence-electron chi connectivity index (χ3n) is 6.01. The summed E-state index contributed by atoms with van der Waals surface area (Å²) in [4.78, 5) is 6.43. The summed E-state index contributed by atoms with van der Waals surface area (Å²) in [6.45, 7) is 4.44. The van der Waals surface area contributed by atoms with Crippen LogP contribution in [0.3, 0.4) is 0 Å². The first-order valence-corrected chi connectivity index (χ1v) is 10.4. The number of aliphatic imine (C=N–C) groups is 1. The molecule has 0 amide bonds. The Labute approximate surface area is 159 Å². The number of thiophene rings is 1. The fourth-order valence-electron chi connectivity index (χ4n) is 4.95. The van der Waals surface area contributed by atoms with Crippen LogP contribution in [0.25, 0.3) is 0 Å². The number of ether oxygens (including phenoxy) is 2. The lowest BCUT2D eigenvalue weighted by Gasteiger charge is -2.30. The van der Waals surface area contributed by atoms with Crippen molar-refractivity contribution in [1.82, 2.24) is 0 Å². The molecule has 1 aromatic carbocycles. The van der Waals surface area contributed by atoms with Crippen molar-refractivity contribution >= 4 is 17.0 Å². The lowest BCUT2D eigenvalue weighted by Crippen LogP contribution is -2.31. The maximum atomic E-state index is 6.58. The second kappa shape index (κ2) is 5.59.